The predicted octanol–water partition coefficient (Wildman–Crippen LogP) is 6.38. The Morgan fingerprint density at radius 2 is 1.86 bits per heavy atom. The Balaban J connectivity index is 1.53. The summed E-state index contributed by atoms with van der Waals surface area (Å²) >= 11 is 0. The molecule has 0 unspecified atom stereocenters. The summed E-state index contributed by atoms with van der Waals surface area (Å²) in [5.74, 6) is 0.247. The van der Waals surface area contributed by atoms with Gasteiger partial charge in [0, 0.05) is 29.1 Å². The van der Waals surface area contributed by atoms with Gasteiger partial charge in [0.25, 0.3) is 0 Å². The maximum atomic E-state index is 11.9. The molecule has 3 aromatic rings. The number of likely N-dealkylation sites (tertiary alicyclic amines) is 1. The molecule has 0 spiro atoms. The molecule has 1 saturated carbocycles. The molecule has 2 aliphatic heterocycles. The zero-order valence-corrected chi connectivity index (χ0v) is 21.7. The van der Waals surface area contributed by atoms with E-state index in [1.54, 1.807) is 0 Å². The first-order valence-electron chi connectivity index (χ1n) is 13.9. The van der Waals surface area contributed by atoms with Crippen molar-refractivity contribution in [2.45, 2.75) is 63.5 Å². The highest BCUT2D eigenvalue weighted by atomic mass is 16.4. The highest BCUT2D eigenvalue weighted by Gasteiger charge is 2.40. The molecule has 1 saturated heterocycles. The van der Waals surface area contributed by atoms with Crippen LogP contribution in [0.15, 0.2) is 42.5 Å². The molecule has 1 N–H and O–H groups in total. The molecule has 3 heterocycles. The van der Waals surface area contributed by atoms with Gasteiger partial charge in [0.2, 0.25) is 0 Å². The highest BCUT2D eigenvalue weighted by Crippen LogP contribution is 2.51. The van der Waals surface area contributed by atoms with E-state index in [-0.39, 0.29) is 0 Å². The number of hydrogen-bond donors (Lipinski definition) is 1. The molecule has 1 aromatic heterocycles. The average molecular weight is 486 g/mol. The lowest BCUT2D eigenvalue weighted by Gasteiger charge is -2.29. The Kier molecular flexibility index (Phi) is 6.38. The molecule has 1 aliphatic carbocycles. The van der Waals surface area contributed by atoms with E-state index < -0.39 is 5.97 Å². The molecule has 2 aromatic carbocycles. The smallest absolute Gasteiger partial charge is 0.335 e. The van der Waals surface area contributed by atoms with Crippen molar-refractivity contribution in [2.75, 3.05) is 33.7 Å². The third-order valence-electron chi connectivity index (χ3n) is 8.99. The van der Waals surface area contributed by atoms with Crippen molar-refractivity contribution in [2.24, 2.45) is 5.92 Å². The largest absolute Gasteiger partial charge is 0.478 e. The SMILES string of the molecule is CN(C)CCCN1CC[C@H]2Cn3c(c(C4CCCCC4)c4ccc(C(=O)O)cc43)-c3ccccc3[C@@H]21. The van der Waals surface area contributed by atoms with Gasteiger partial charge >= 0.3 is 5.97 Å². The molecule has 2 atom stereocenters. The van der Waals surface area contributed by atoms with Gasteiger partial charge < -0.3 is 14.6 Å². The van der Waals surface area contributed by atoms with Gasteiger partial charge in [0.05, 0.1) is 11.3 Å². The Morgan fingerprint density at radius 1 is 1.06 bits per heavy atom. The van der Waals surface area contributed by atoms with E-state index in [4.69, 9.17) is 0 Å². The maximum Gasteiger partial charge on any atom is 0.335 e. The number of carboxylic acid groups (broad SMARTS) is 1. The Labute approximate surface area is 214 Å². The van der Waals surface area contributed by atoms with E-state index in [1.165, 1.54) is 72.7 Å². The van der Waals surface area contributed by atoms with Gasteiger partial charge in [-0.25, -0.2) is 4.79 Å². The van der Waals surface area contributed by atoms with E-state index in [0.717, 1.165) is 31.7 Å². The molecule has 190 valence electrons. The minimum atomic E-state index is -0.841. The van der Waals surface area contributed by atoms with Crippen LogP contribution in [0.4, 0.5) is 0 Å². The van der Waals surface area contributed by atoms with Crippen LogP contribution in [0.2, 0.25) is 0 Å². The van der Waals surface area contributed by atoms with Gasteiger partial charge in [0.1, 0.15) is 0 Å². The van der Waals surface area contributed by atoms with E-state index in [9.17, 15) is 9.90 Å². The summed E-state index contributed by atoms with van der Waals surface area (Å²) in [6, 6.07) is 15.4. The van der Waals surface area contributed by atoms with Crippen LogP contribution in [0, 0.1) is 5.92 Å². The van der Waals surface area contributed by atoms with Crippen molar-refractivity contribution in [1.82, 2.24) is 14.4 Å². The lowest BCUT2D eigenvalue weighted by molar-refractivity contribution is 0.0697. The third kappa shape index (κ3) is 4.06. The minimum Gasteiger partial charge on any atom is -0.478 e. The van der Waals surface area contributed by atoms with Crippen LogP contribution in [-0.4, -0.2) is 59.2 Å². The summed E-state index contributed by atoms with van der Waals surface area (Å²) in [6.45, 7) is 4.35. The number of rotatable bonds is 6. The number of nitrogens with zero attached hydrogens (tertiary/aromatic N) is 3. The zero-order valence-electron chi connectivity index (χ0n) is 21.7. The molecule has 0 amide bonds. The predicted molar refractivity (Wildman–Crippen MR) is 146 cm³/mol. The molecule has 3 aliphatic rings. The Bertz CT molecular complexity index is 1270. The molecule has 0 radical (unpaired) electrons. The normalized spacial score (nSPS) is 22.4. The van der Waals surface area contributed by atoms with Gasteiger partial charge in [0.15, 0.2) is 0 Å². The summed E-state index contributed by atoms with van der Waals surface area (Å²) in [6.07, 6.45) is 8.75. The molecular weight excluding hydrogens is 446 g/mol. The van der Waals surface area contributed by atoms with Crippen LogP contribution in [0.3, 0.4) is 0 Å². The van der Waals surface area contributed by atoms with Crippen LogP contribution in [0.1, 0.15) is 78.4 Å². The van der Waals surface area contributed by atoms with Crippen molar-refractivity contribution < 1.29 is 9.90 Å². The summed E-state index contributed by atoms with van der Waals surface area (Å²) in [4.78, 5) is 16.9. The van der Waals surface area contributed by atoms with Crippen LogP contribution in [-0.2, 0) is 6.54 Å². The molecule has 2 fully saturated rings. The second kappa shape index (κ2) is 9.68. The van der Waals surface area contributed by atoms with E-state index in [1.807, 2.05) is 12.1 Å². The monoisotopic (exact) mass is 485 g/mol. The number of carboxylic acids is 1. The highest BCUT2D eigenvalue weighted by molar-refractivity contribution is 5.98. The molecule has 5 heteroatoms. The van der Waals surface area contributed by atoms with Gasteiger partial charge in [-0.3, -0.25) is 4.90 Å². The second-order valence-electron chi connectivity index (χ2n) is 11.5. The van der Waals surface area contributed by atoms with Crippen LogP contribution < -0.4 is 0 Å². The van der Waals surface area contributed by atoms with Crippen molar-refractivity contribution in [3.05, 3.63) is 59.2 Å². The maximum absolute atomic E-state index is 11.9. The minimum absolute atomic E-state index is 0.392. The molecule has 5 nitrogen and oxygen atoms in total. The first kappa shape index (κ1) is 23.7. The fraction of sp³-hybridized carbons (Fsp3) is 0.516. The lowest BCUT2D eigenvalue weighted by Crippen LogP contribution is -2.29. The molecule has 6 rings (SSSR count). The fourth-order valence-corrected chi connectivity index (χ4v) is 7.41. The number of benzene rings is 2. The average Bonchev–Trinajstić information content (AvgIpc) is 3.38. The van der Waals surface area contributed by atoms with Crippen molar-refractivity contribution in [3.63, 3.8) is 0 Å². The number of aromatic carboxylic acids is 1. The van der Waals surface area contributed by atoms with Gasteiger partial charge in [-0.1, -0.05) is 49.6 Å². The Hall–Kier alpha value is -2.63. The van der Waals surface area contributed by atoms with E-state index >= 15 is 0 Å². The van der Waals surface area contributed by atoms with Crippen LogP contribution in [0.5, 0.6) is 0 Å². The summed E-state index contributed by atoms with van der Waals surface area (Å²) in [7, 11) is 4.31. The number of hydrogen-bond acceptors (Lipinski definition) is 3. The number of aromatic nitrogens is 1. The van der Waals surface area contributed by atoms with Crippen molar-refractivity contribution >= 4 is 16.9 Å². The van der Waals surface area contributed by atoms with Gasteiger partial charge in [-0.05, 0) is 94.5 Å². The first-order chi connectivity index (χ1) is 17.5. The lowest BCUT2D eigenvalue weighted by atomic mass is 9.81. The zero-order chi connectivity index (χ0) is 24.8. The summed E-state index contributed by atoms with van der Waals surface area (Å²) in [5, 5.41) is 11.1. The van der Waals surface area contributed by atoms with Crippen LogP contribution >= 0.6 is 0 Å². The first-order valence-corrected chi connectivity index (χ1v) is 13.9. The summed E-state index contributed by atoms with van der Waals surface area (Å²) in [5.41, 5.74) is 7.21. The van der Waals surface area contributed by atoms with E-state index in [0.29, 0.717) is 23.4 Å². The number of fused-ring (bicyclic) bond motifs is 7. The van der Waals surface area contributed by atoms with Crippen molar-refractivity contribution in [3.8, 4) is 11.3 Å². The topological polar surface area (TPSA) is 48.7 Å². The summed E-state index contributed by atoms with van der Waals surface area (Å²) < 4.78 is 2.53. The van der Waals surface area contributed by atoms with Crippen molar-refractivity contribution in [1.29, 1.82) is 0 Å². The standard InChI is InChI=1S/C31H39N3O2/c1-32(2)16-8-17-33-18-15-23-20-34-27-19-22(31(35)36)13-14-26(27)28(21-9-4-3-5-10-21)30(34)25-12-7-6-11-24(25)29(23)33/h6-7,11-14,19,21,23,29H,3-5,8-10,15-18,20H2,1-2H3,(H,35,36)/t23-,29+/m0/s1. The molecule has 36 heavy (non-hydrogen) atoms. The quantitative estimate of drug-likeness (QED) is 0.440. The molecule has 0 bridgehead atoms. The van der Waals surface area contributed by atoms with E-state index in [2.05, 4.69) is 58.8 Å². The van der Waals surface area contributed by atoms with Gasteiger partial charge in [-0.15, -0.1) is 0 Å². The van der Waals surface area contributed by atoms with Crippen LogP contribution in [0.25, 0.3) is 22.2 Å². The third-order valence-corrected chi connectivity index (χ3v) is 8.99. The molecular formula is C31H39N3O2. The Morgan fingerprint density at radius 3 is 2.64 bits per heavy atom. The second-order valence-corrected chi connectivity index (χ2v) is 11.5. The van der Waals surface area contributed by atoms with Gasteiger partial charge in [-0.2, -0.15) is 0 Å². The number of carbonyl (C=O) groups is 1. The fourth-order valence-electron chi connectivity index (χ4n) is 7.41.